The average molecular weight is 554 g/mol. The molecule has 0 spiro atoms. The van der Waals surface area contributed by atoms with Gasteiger partial charge in [0, 0.05) is 33.2 Å². The third kappa shape index (κ3) is 10.4. The highest BCUT2D eigenvalue weighted by Gasteiger charge is 2.16. The fraction of sp³-hybridized carbons (Fsp3) is 0.400. The number of rotatable bonds is 14. The Bertz CT molecular complexity index is 900. The molecule has 0 aliphatic heterocycles. The fourth-order valence-corrected chi connectivity index (χ4v) is 5.70. The number of hydrogen-bond donors (Lipinski definition) is 0. The summed E-state index contributed by atoms with van der Waals surface area (Å²) < 4.78 is 9.37. The van der Waals surface area contributed by atoms with Crippen LogP contribution < -0.4 is 0 Å². The van der Waals surface area contributed by atoms with E-state index in [-0.39, 0.29) is 29.8 Å². The number of carbonyl (C=O) groups excluding carboxylic acids is 3. The van der Waals surface area contributed by atoms with E-state index in [2.05, 4.69) is 44.9 Å². The van der Waals surface area contributed by atoms with Crippen molar-refractivity contribution in [2.45, 2.75) is 47.1 Å². The maximum atomic E-state index is 12.0. The summed E-state index contributed by atoms with van der Waals surface area (Å²) in [5.74, 6) is 0.155. The van der Waals surface area contributed by atoms with Gasteiger partial charge in [-0.15, -0.1) is 23.5 Å². The molecule has 0 amide bonds. The van der Waals surface area contributed by atoms with E-state index in [9.17, 15) is 14.4 Å². The van der Waals surface area contributed by atoms with Gasteiger partial charge in [-0.1, -0.05) is 40.2 Å². The Balaban J connectivity index is 2.05. The van der Waals surface area contributed by atoms with Crippen LogP contribution in [-0.4, -0.2) is 43.0 Å². The lowest BCUT2D eigenvalue weighted by Gasteiger charge is -2.17. The number of thioether (sulfide) groups is 2. The molecule has 8 heteroatoms. The van der Waals surface area contributed by atoms with Gasteiger partial charge in [-0.05, 0) is 54.0 Å². The minimum Gasteiger partial charge on any atom is -0.469 e. The Morgan fingerprint density at radius 1 is 0.909 bits per heavy atom. The van der Waals surface area contributed by atoms with Crippen LogP contribution >= 0.6 is 39.5 Å². The quantitative estimate of drug-likeness (QED) is 0.0931. The van der Waals surface area contributed by atoms with E-state index in [1.54, 1.807) is 11.8 Å². The van der Waals surface area contributed by atoms with Crippen LogP contribution in [0, 0.1) is 0 Å². The Morgan fingerprint density at radius 3 is 2.15 bits per heavy atom. The number of hydrogen-bond acceptors (Lipinski definition) is 7. The summed E-state index contributed by atoms with van der Waals surface area (Å²) >= 11 is 6.98. The summed E-state index contributed by atoms with van der Waals surface area (Å²) in [5.41, 5.74) is 2.01. The van der Waals surface area contributed by atoms with Crippen LogP contribution in [0.4, 0.5) is 0 Å². The third-order valence-electron chi connectivity index (χ3n) is 4.81. The van der Waals surface area contributed by atoms with Gasteiger partial charge < -0.3 is 9.47 Å². The van der Waals surface area contributed by atoms with Crippen LogP contribution in [0.25, 0.3) is 0 Å². The van der Waals surface area contributed by atoms with Crippen molar-refractivity contribution in [3.63, 3.8) is 0 Å². The van der Waals surface area contributed by atoms with E-state index >= 15 is 0 Å². The van der Waals surface area contributed by atoms with Crippen molar-refractivity contribution in [1.82, 2.24) is 0 Å². The van der Waals surface area contributed by atoms with Crippen molar-refractivity contribution in [3.8, 4) is 0 Å². The lowest BCUT2D eigenvalue weighted by atomic mass is 10.1. The van der Waals surface area contributed by atoms with Gasteiger partial charge >= 0.3 is 11.9 Å². The van der Waals surface area contributed by atoms with Crippen molar-refractivity contribution in [2.75, 3.05) is 25.3 Å². The topological polar surface area (TPSA) is 69.7 Å². The maximum absolute atomic E-state index is 12.0. The Kier molecular flexibility index (Phi) is 12.6. The lowest BCUT2D eigenvalue weighted by molar-refractivity contribution is -0.143. The van der Waals surface area contributed by atoms with E-state index in [1.807, 2.05) is 36.0 Å². The molecule has 0 bridgehead atoms. The number of ketones is 1. The largest absolute Gasteiger partial charge is 0.469 e. The second-order valence-electron chi connectivity index (χ2n) is 7.29. The summed E-state index contributed by atoms with van der Waals surface area (Å²) in [6.45, 7) is 0. The lowest BCUT2D eigenvalue weighted by Crippen LogP contribution is -2.11. The van der Waals surface area contributed by atoms with Crippen LogP contribution in [0.1, 0.15) is 42.1 Å². The Labute approximate surface area is 212 Å². The molecule has 0 saturated carbocycles. The second kappa shape index (κ2) is 15.2. The summed E-state index contributed by atoms with van der Waals surface area (Å²) in [6, 6.07) is 16.3. The normalized spacial score (nSPS) is 11.6. The zero-order valence-electron chi connectivity index (χ0n) is 18.9. The van der Waals surface area contributed by atoms with E-state index in [0.717, 1.165) is 33.5 Å². The van der Waals surface area contributed by atoms with E-state index < -0.39 is 5.97 Å². The van der Waals surface area contributed by atoms with Crippen LogP contribution in [0.2, 0.25) is 0 Å². The number of carbonyl (C=O) groups is 3. The van der Waals surface area contributed by atoms with Crippen molar-refractivity contribution >= 4 is 57.2 Å². The van der Waals surface area contributed by atoms with Gasteiger partial charge in [0.25, 0.3) is 0 Å². The first-order valence-corrected chi connectivity index (χ1v) is 13.6. The van der Waals surface area contributed by atoms with Gasteiger partial charge in [0.05, 0.1) is 14.2 Å². The molecule has 0 heterocycles. The molecule has 178 valence electrons. The standard InChI is InChI=1S/C25H29BrO5S2/c1-30-24(28)13-12-23(19-6-10-21(11-7-19)32-15-3-14-26)33-22-8-4-18(5-9-22)16-20(27)17-25(29)31-2/h4-11,23H,3,12-17H2,1-2H3. The predicted octanol–water partition coefficient (Wildman–Crippen LogP) is 6.03. The molecule has 0 radical (unpaired) electrons. The number of halogens is 1. The molecule has 2 aromatic rings. The Morgan fingerprint density at radius 2 is 1.55 bits per heavy atom. The van der Waals surface area contributed by atoms with Crippen molar-refractivity contribution in [2.24, 2.45) is 0 Å². The first-order chi connectivity index (χ1) is 15.9. The summed E-state index contributed by atoms with van der Waals surface area (Å²) in [7, 11) is 2.68. The molecule has 1 unspecified atom stereocenters. The highest BCUT2D eigenvalue weighted by Crippen LogP contribution is 2.39. The minimum atomic E-state index is -0.520. The molecule has 2 aromatic carbocycles. The molecule has 0 saturated heterocycles. The number of esters is 2. The van der Waals surface area contributed by atoms with Gasteiger partial charge in [0.15, 0.2) is 0 Å². The maximum Gasteiger partial charge on any atom is 0.313 e. The summed E-state index contributed by atoms with van der Waals surface area (Å²) in [6.07, 6.45) is 2.10. The van der Waals surface area contributed by atoms with Crippen molar-refractivity contribution < 1.29 is 23.9 Å². The molecule has 1 atom stereocenters. The molecule has 0 fully saturated rings. The van der Waals surface area contributed by atoms with E-state index in [1.165, 1.54) is 19.1 Å². The van der Waals surface area contributed by atoms with E-state index in [0.29, 0.717) is 12.8 Å². The average Bonchev–Trinajstić information content (AvgIpc) is 2.83. The van der Waals surface area contributed by atoms with Gasteiger partial charge in [0.2, 0.25) is 0 Å². The summed E-state index contributed by atoms with van der Waals surface area (Å²) in [5, 5.41) is 1.10. The molecule has 0 aromatic heterocycles. The van der Waals surface area contributed by atoms with Crippen LogP contribution in [0.3, 0.4) is 0 Å². The van der Waals surface area contributed by atoms with Crippen LogP contribution in [-0.2, 0) is 30.3 Å². The molecule has 5 nitrogen and oxygen atoms in total. The SMILES string of the molecule is COC(=O)CCC(Sc1ccc(CC(=O)CC(=O)OC)cc1)c1ccc(SCCCBr)cc1. The molecule has 0 aliphatic carbocycles. The molecule has 0 aliphatic rings. The number of alkyl halides is 1. The highest BCUT2D eigenvalue weighted by atomic mass is 79.9. The number of Topliss-reactive ketones (excluding diaryl/α,β-unsaturated/α-hetero) is 1. The molecule has 2 rings (SSSR count). The first-order valence-electron chi connectivity index (χ1n) is 10.6. The smallest absolute Gasteiger partial charge is 0.313 e. The number of ether oxygens (including phenoxy) is 2. The summed E-state index contributed by atoms with van der Waals surface area (Å²) in [4.78, 5) is 37.2. The van der Waals surface area contributed by atoms with E-state index in [4.69, 9.17) is 4.74 Å². The first kappa shape index (κ1) is 27.5. The zero-order valence-corrected chi connectivity index (χ0v) is 22.1. The van der Waals surface area contributed by atoms with Crippen molar-refractivity contribution in [1.29, 1.82) is 0 Å². The molecular weight excluding hydrogens is 524 g/mol. The van der Waals surface area contributed by atoms with Gasteiger partial charge in [-0.2, -0.15) is 0 Å². The monoisotopic (exact) mass is 552 g/mol. The van der Waals surface area contributed by atoms with Crippen molar-refractivity contribution in [3.05, 3.63) is 59.7 Å². The van der Waals surface area contributed by atoms with Crippen LogP contribution in [0.15, 0.2) is 58.3 Å². The number of methoxy groups -OCH3 is 2. The predicted molar refractivity (Wildman–Crippen MR) is 137 cm³/mol. The molecular formula is C25H29BrO5S2. The molecule has 33 heavy (non-hydrogen) atoms. The van der Waals surface area contributed by atoms with Gasteiger partial charge in [-0.25, -0.2) is 0 Å². The van der Waals surface area contributed by atoms with Crippen LogP contribution in [0.5, 0.6) is 0 Å². The second-order valence-corrected chi connectivity index (χ2v) is 10.5. The Hall–Kier alpha value is -1.77. The molecule has 0 N–H and O–H groups in total. The third-order valence-corrected chi connectivity index (χ3v) is 7.80. The fourth-order valence-electron chi connectivity index (χ4n) is 3.04. The highest BCUT2D eigenvalue weighted by molar-refractivity contribution is 9.09. The zero-order chi connectivity index (χ0) is 24.1. The minimum absolute atomic E-state index is 0.0949. The van der Waals surface area contributed by atoms with Gasteiger partial charge in [0.1, 0.15) is 12.2 Å². The number of benzene rings is 2. The van der Waals surface area contributed by atoms with Gasteiger partial charge in [-0.3, -0.25) is 14.4 Å².